The summed E-state index contributed by atoms with van der Waals surface area (Å²) in [6.07, 6.45) is -0.994. The van der Waals surface area contributed by atoms with Crippen molar-refractivity contribution < 1.29 is 18.0 Å². The summed E-state index contributed by atoms with van der Waals surface area (Å²) in [5, 5.41) is 4.82. The van der Waals surface area contributed by atoms with Gasteiger partial charge < -0.3 is 4.90 Å². The number of fused-ring (bicyclic) bond motifs is 1. The Morgan fingerprint density at radius 2 is 1.87 bits per heavy atom. The SMILES string of the molecule is Cc1cc(C2CN(C=O)CCC2(C)C)n2nc([C@H]3CC[C@H](C(F)(F)F)CC3)cc2n1. The number of aromatic nitrogens is 3. The number of alkyl halides is 3. The monoisotopic (exact) mass is 422 g/mol. The second-order valence-electron chi connectivity index (χ2n) is 9.64. The van der Waals surface area contributed by atoms with Crippen molar-refractivity contribution in [1.29, 1.82) is 0 Å². The third-order valence-electron chi connectivity index (χ3n) is 7.12. The summed E-state index contributed by atoms with van der Waals surface area (Å²) in [6, 6.07) is 3.97. The minimum Gasteiger partial charge on any atom is -0.345 e. The highest BCUT2D eigenvalue weighted by molar-refractivity contribution is 5.48. The maximum Gasteiger partial charge on any atom is 0.391 e. The number of aryl methyl sites for hydroxylation is 1. The molecule has 1 saturated heterocycles. The third-order valence-corrected chi connectivity index (χ3v) is 7.12. The molecule has 2 aliphatic rings. The molecular weight excluding hydrogens is 393 g/mol. The van der Waals surface area contributed by atoms with Gasteiger partial charge in [0.2, 0.25) is 6.41 Å². The molecule has 5 nitrogen and oxygen atoms in total. The maximum absolute atomic E-state index is 13.0. The fourth-order valence-electron chi connectivity index (χ4n) is 5.08. The summed E-state index contributed by atoms with van der Waals surface area (Å²) >= 11 is 0. The molecule has 1 aliphatic heterocycles. The number of rotatable bonds is 3. The molecule has 0 radical (unpaired) electrons. The van der Waals surface area contributed by atoms with Crippen molar-refractivity contribution in [3.05, 3.63) is 29.2 Å². The average molecular weight is 422 g/mol. The number of likely N-dealkylation sites (tertiary alicyclic amines) is 1. The summed E-state index contributed by atoms with van der Waals surface area (Å²) in [5.74, 6) is -1.06. The van der Waals surface area contributed by atoms with Crippen LogP contribution in [0, 0.1) is 18.3 Å². The van der Waals surface area contributed by atoms with Gasteiger partial charge in [-0.15, -0.1) is 0 Å². The molecule has 164 valence electrons. The lowest BCUT2D eigenvalue weighted by molar-refractivity contribution is -0.182. The standard InChI is InChI=1S/C22H29F3N4O/c1-14-10-19(17-12-28(13-30)9-8-21(17,2)3)29-20(26-14)11-18(27-29)15-4-6-16(7-5-15)22(23,24)25/h10-11,13,15-17H,4-9,12H2,1-3H3/t15-,16-,17?. The second kappa shape index (κ2) is 7.54. The quantitative estimate of drug-likeness (QED) is 0.665. The van der Waals surface area contributed by atoms with Crippen LogP contribution in [0.1, 0.15) is 74.9 Å². The van der Waals surface area contributed by atoms with E-state index in [4.69, 9.17) is 5.10 Å². The molecule has 3 heterocycles. The number of halogens is 3. The van der Waals surface area contributed by atoms with E-state index in [9.17, 15) is 18.0 Å². The third kappa shape index (κ3) is 3.93. The first-order valence-corrected chi connectivity index (χ1v) is 10.7. The zero-order valence-corrected chi connectivity index (χ0v) is 17.7. The molecule has 2 aromatic rings. The van der Waals surface area contributed by atoms with Crippen LogP contribution in [0.3, 0.4) is 0 Å². The van der Waals surface area contributed by atoms with Crippen LogP contribution in [0.25, 0.3) is 5.65 Å². The molecule has 1 atom stereocenters. The van der Waals surface area contributed by atoms with Gasteiger partial charge in [0, 0.05) is 36.7 Å². The molecule has 2 aromatic heterocycles. The Morgan fingerprint density at radius 3 is 2.50 bits per heavy atom. The second-order valence-corrected chi connectivity index (χ2v) is 9.64. The fourth-order valence-corrected chi connectivity index (χ4v) is 5.08. The zero-order valence-electron chi connectivity index (χ0n) is 17.7. The summed E-state index contributed by atoms with van der Waals surface area (Å²) in [7, 11) is 0. The molecule has 8 heteroatoms. The van der Waals surface area contributed by atoms with Gasteiger partial charge in [-0.2, -0.15) is 18.3 Å². The van der Waals surface area contributed by atoms with Crippen LogP contribution in [0.4, 0.5) is 13.2 Å². The van der Waals surface area contributed by atoms with Crippen molar-refractivity contribution in [3.8, 4) is 0 Å². The number of piperidine rings is 1. The van der Waals surface area contributed by atoms with Gasteiger partial charge >= 0.3 is 6.18 Å². The summed E-state index contributed by atoms with van der Waals surface area (Å²) in [4.78, 5) is 17.8. The number of carbonyl (C=O) groups is 1. The van der Waals surface area contributed by atoms with Crippen LogP contribution >= 0.6 is 0 Å². The minimum absolute atomic E-state index is 0.00286. The van der Waals surface area contributed by atoms with Crippen LogP contribution in [-0.2, 0) is 4.79 Å². The van der Waals surface area contributed by atoms with Crippen LogP contribution in [0.15, 0.2) is 12.1 Å². The molecule has 1 aliphatic carbocycles. The summed E-state index contributed by atoms with van der Waals surface area (Å²) in [6.45, 7) is 7.74. The Bertz CT molecular complexity index is 928. The number of hydrogen-bond acceptors (Lipinski definition) is 3. The summed E-state index contributed by atoms with van der Waals surface area (Å²) < 4.78 is 40.9. The average Bonchev–Trinajstić information content (AvgIpc) is 3.11. The Kier molecular flexibility index (Phi) is 5.31. The van der Waals surface area contributed by atoms with E-state index in [0.717, 1.165) is 42.1 Å². The van der Waals surface area contributed by atoms with Gasteiger partial charge in [0.05, 0.1) is 17.3 Å². The van der Waals surface area contributed by atoms with Crippen LogP contribution in [-0.4, -0.2) is 45.2 Å². The molecule has 0 N–H and O–H groups in total. The molecule has 2 fully saturated rings. The fraction of sp³-hybridized carbons (Fsp3) is 0.682. The Hall–Kier alpha value is -2.12. The van der Waals surface area contributed by atoms with E-state index in [0.29, 0.717) is 19.4 Å². The lowest BCUT2D eigenvalue weighted by atomic mass is 9.71. The molecule has 30 heavy (non-hydrogen) atoms. The molecule has 1 saturated carbocycles. The van der Waals surface area contributed by atoms with Crippen molar-refractivity contribution in [3.63, 3.8) is 0 Å². The largest absolute Gasteiger partial charge is 0.391 e. The van der Waals surface area contributed by atoms with Crippen LogP contribution in [0.5, 0.6) is 0 Å². The predicted octanol–water partition coefficient (Wildman–Crippen LogP) is 4.85. The molecule has 1 amide bonds. The van der Waals surface area contributed by atoms with Gasteiger partial charge in [-0.3, -0.25) is 4.79 Å². The van der Waals surface area contributed by atoms with E-state index in [2.05, 4.69) is 18.8 Å². The topological polar surface area (TPSA) is 50.5 Å². The van der Waals surface area contributed by atoms with Crippen LogP contribution in [0.2, 0.25) is 0 Å². The van der Waals surface area contributed by atoms with E-state index in [1.165, 1.54) is 0 Å². The predicted molar refractivity (Wildman–Crippen MR) is 107 cm³/mol. The lowest BCUT2D eigenvalue weighted by Gasteiger charge is -2.42. The number of amides is 1. The van der Waals surface area contributed by atoms with E-state index in [1.54, 1.807) is 4.90 Å². The first-order valence-electron chi connectivity index (χ1n) is 10.7. The molecule has 0 spiro atoms. The molecule has 1 unspecified atom stereocenters. The van der Waals surface area contributed by atoms with Crippen molar-refractivity contribution in [1.82, 2.24) is 19.5 Å². The number of nitrogens with zero attached hydrogens (tertiary/aromatic N) is 4. The maximum atomic E-state index is 13.0. The Morgan fingerprint density at radius 1 is 1.17 bits per heavy atom. The Labute approximate surface area is 174 Å². The number of hydrogen-bond donors (Lipinski definition) is 0. The Balaban J connectivity index is 1.66. The molecular formula is C22H29F3N4O. The molecule has 0 aromatic carbocycles. The normalized spacial score (nSPS) is 27.4. The van der Waals surface area contributed by atoms with Crippen LogP contribution < -0.4 is 0 Å². The van der Waals surface area contributed by atoms with E-state index in [-0.39, 0.29) is 30.1 Å². The minimum atomic E-state index is -4.10. The smallest absolute Gasteiger partial charge is 0.345 e. The van der Waals surface area contributed by atoms with Crippen molar-refractivity contribution in [2.45, 2.75) is 70.9 Å². The van der Waals surface area contributed by atoms with Gasteiger partial charge in [-0.1, -0.05) is 13.8 Å². The van der Waals surface area contributed by atoms with E-state index in [1.807, 2.05) is 23.6 Å². The zero-order chi connectivity index (χ0) is 21.7. The molecule has 4 rings (SSSR count). The highest BCUT2D eigenvalue weighted by Gasteiger charge is 2.42. The van der Waals surface area contributed by atoms with E-state index >= 15 is 0 Å². The van der Waals surface area contributed by atoms with Crippen molar-refractivity contribution >= 4 is 12.1 Å². The van der Waals surface area contributed by atoms with Gasteiger partial charge in [0.1, 0.15) is 0 Å². The number of carbonyl (C=O) groups excluding carboxylic acids is 1. The van der Waals surface area contributed by atoms with Gasteiger partial charge in [0.15, 0.2) is 5.65 Å². The van der Waals surface area contributed by atoms with Crippen molar-refractivity contribution in [2.75, 3.05) is 13.1 Å². The lowest BCUT2D eigenvalue weighted by Crippen LogP contribution is -2.43. The van der Waals surface area contributed by atoms with Gasteiger partial charge in [-0.25, -0.2) is 9.50 Å². The highest BCUT2D eigenvalue weighted by atomic mass is 19.4. The van der Waals surface area contributed by atoms with Crippen molar-refractivity contribution in [2.24, 2.45) is 11.3 Å². The molecule has 0 bridgehead atoms. The van der Waals surface area contributed by atoms with Gasteiger partial charge in [0.25, 0.3) is 0 Å². The highest BCUT2D eigenvalue weighted by Crippen LogP contribution is 2.44. The first kappa shape index (κ1) is 21.1. The first-order chi connectivity index (χ1) is 14.1. The van der Waals surface area contributed by atoms with Gasteiger partial charge in [-0.05, 0) is 50.5 Å². The van der Waals surface area contributed by atoms with E-state index < -0.39 is 12.1 Å². The summed E-state index contributed by atoms with van der Waals surface area (Å²) in [5.41, 5.74) is 3.46.